The highest BCUT2D eigenvalue weighted by molar-refractivity contribution is 6.10. The fraction of sp³-hybridized carbons (Fsp3) is 0. The first kappa shape index (κ1) is 6.77. The molecule has 0 fully saturated rings. The Morgan fingerprint density at radius 2 is 2.10 bits per heavy atom. The van der Waals surface area contributed by atoms with Crippen molar-refractivity contribution in [1.82, 2.24) is 0 Å². The summed E-state index contributed by atoms with van der Waals surface area (Å²) in [7, 11) is 0. The lowest BCUT2D eigenvalue weighted by molar-refractivity contribution is 0.149. The second-order valence-electron chi connectivity index (χ2n) is 1.83. The largest absolute Gasteiger partial charge is 0.302 e. The summed E-state index contributed by atoms with van der Waals surface area (Å²) in [5.41, 5.74) is 1.46. The van der Waals surface area contributed by atoms with Crippen LogP contribution in [0, 0.1) is 0 Å². The Hall–Kier alpha value is -1.35. The maximum absolute atomic E-state index is 4.73. The van der Waals surface area contributed by atoms with Gasteiger partial charge >= 0.3 is 0 Å². The first-order valence-electron chi connectivity index (χ1n) is 2.82. The number of rotatable bonds is 1. The third-order valence-corrected chi connectivity index (χ3v) is 1.14. The summed E-state index contributed by atoms with van der Waals surface area (Å²) in [6.45, 7) is 3.71. The highest BCUT2D eigenvalue weighted by Crippen LogP contribution is 2.04. The lowest BCUT2D eigenvalue weighted by Crippen LogP contribution is -2.02. The van der Waals surface area contributed by atoms with E-state index in [9.17, 15) is 0 Å². The molecular formula is C7H8N2O. The topological polar surface area (TPSA) is 47.6 Å². The fourth-order valence-electron chi connectivity index (χ4n) is 0.657. The molecule has 0 spiro atoms. The van der Waals surface area contributed by atoms with Crippen molar-refractivity contribution in [2.75, 3.05) is 0 Å². The summed E-state index contributed by atoms with van der Waals surface area (Å²) in [6, 6.07) is 0. The van der Waals surface area contributed by atoms with E-state index in [1.807, 2.05) is 18.2 Å². The van der Waals surface area contributed by atoms with Crippen molar-refractivity contribution >= 4 is 5.71 Å². The molecule has 0 saturated heterocycles. The molecule has 2 N–H and O–H groups in total. The summed E-state index contributed by atoms with van der Waals surface area (Å²) in [6.07, 6.45) is 7.32. The standard InChI is InChI=1S/C7H8N2O/c1-6-4-2-3-5-7(6)9-10-8/h2-5H,1,8H2/b9-7-. The minimum absolute atomic E-state index is 0.657. The molecule has 1 aliphatic rings. The van der Waals surface area contributed by atoms with E-state index < -0.39 is 0 Å². The quantitative estimate of drug-likeness (QED) is 0.545. The highest BCUT2D eigenvalue weighted by Gasteiger charge is 1.99. The predicted octanol–water partition coefficient (Wildman–Crippen LogP) is 0.915. The van der Waals surface area contributed by atoms with Gasteiger partial charge in [-0.25, -0.2) is 0 Å². The number of nitrogens with two attached hydrogens (primary N) is 1. The van der Waals surface area contributed by atoms with Crippen molar-refractivity contribution in [1.29, 1.82) is 0 Å². The van der Waals surface area contributed by atoms with Gasteiger partial charge in [0, 0.05) is 0 Å². The van der Waals surface area contributed by atoms with Gasteiger partial charge in [0.2, 0.25) is 0 Å². The van der Waals surface area contributed by atoms with Crippen LogP contribution in [0.3, 0.4) is 0 Å². The monoisotopic (exact) mass is 136 g/mol. The normalized spacial score (nSPS) is 20.1. The van der Waals surface area contributed by atoms with Crippen LogP contribution in [0.1, 0.15) is 0 Å². The van der Waals surface area contributed by atoms with Gasteiger partial charge < -0.3 is 4.94 Å². The van der Waals surface area contributed by atoms with Crippen LogP contribution in [-0.4, -0.2) is 5.71 Å². The third kappa shape index (κ3) is 1.33. The van der Waals surface area contributed by atoms with Crippen molar-refractivity contribution in [3.8, 4) is 0 Å². The smallest absolute Gasteiger partial charge is 0.111 e. The van der Waals surface area contributed by atoms with Crippen molar-refractivity contribution in [2.45, 2.75) is 0 Å². The second-order valence-corrected chi connectivity index (χ2v) is 1.83. The van der Waals surface area contributed by atoms with Crippen LogP contribution in [0.15, 0.2) is 41.6 Å². The molecule has 10 heavy (non-hydrogen) atoms. The average molecular weight is 136 g/mol. The Balaban J connectivity index is 2.80. The van der Waals surface area contributed by atoms with Crippen molar-refractivity contribution in [2.24, 2.45) is 11.1 Å². The summed E-state index contributed by atoms with van der Waals surface area (Å²) in [5, 5.41) is 3.52. The average Bonchev–Trinajstić information content (AvgIpc) is 1.94. The molecule has 1 aliphatic carbocycles. The van der Waals surface area contributed by atoms with Crippen LogP contribution in [0.2, 0.25) is 0 Å². The van der Waals surface area contributed by atoms with E-state index in [0.717, 1.165) is 5.57 Å². The molecule has 0 bridgehead atoms. The Kier molecular flexibility index (Phi) is 2.02. The van der Waals surface area contributed by atoms with E-state index in [1.54, 1.807) is 6.08 Å². The zero-order valence-corrected chi connectivity index (χ0v) is 5.45. The van der Waals surface area contributed by atoms with Gasteiger partial charge in [0.1, 0.15) is 5.71 Å². The molecular weight excluding hydrogens is 128 g/mol. The van der Waals surface area contributed by atoms with Crippen LogP contribution in [0.5, 0.6) is 0 Å². The molecule has 0 aromatic heterocycles. The van der Waals surface area contributed by atoms with Crippen LogP contribution >= 0.6 is 0 Å². The summed E-state index contributed by atoms with van der Waals surface area (Å²) in [5.74, 6) is 4.73. The molecule has 1 rings (SSSR count). The maximum atomic E-state index is 4.73. The zero-order valence-electron chi connectivity index (χ0n) is 5.45. The van der Waals surface area contributed by atoms with Crippen molar-refractivity contribution < 1.29 is 4.94 Å². The molecule has 0 aromatic rings. The number of hydrogen-bond donors (Lipinski definition) is 1. The van der Waals surface area contributed by atoms with E-state index >= 15 is 0 Å². The first-order valence-corrected chi connectivity index (χ1v) is 2.82. The van der Waals surface area contributed by atoms with Crippen LogP contribution in [-0.2, 0) is 4.94 Å². The molecule has 0 atom stereocenters. The molecule has 3 nitrogen and oxygen atoms in total. The summed E-state index contributed by atoms with van der Waals surface area (Å²) in [4.78, 5) is 4.09. The van der Waals surface area contributed by atoms with Gasteiger partial charge in [0.05, 0.1) is 0 Å². The van der Waals surface area contributed by atoms with Gasteiger partial charge in [-0.2, -0.15) is 0 Å². The van der Waals surface area contributed by atoms with Gasteiger partial charge in [0.15, 0.2) is 0 Å². The lowest BCUT2D eigenvalue weighted by atomic mass is 10.1. The molecule has 0 aliphatic heterocycles. The molecule has 0 aromatic carbocycles. The first-order chi connectivity index (χ1) is 4.84. The Morgan fingerprint density at radius 3 is 2.70 bits per heavy atom. The lowest BCUT2D eigenvalue weighted by Gasteiger charge is -2.00. The SMILES string of the molecule is C=C1C=CC=C/C1=N/ON. The maximum Gasteiger partial charge on any atom is 0.111 e. The molecule has 0 radical (unpaired) electrons. The minimum atomic E-state index is 0.657. The zero-order chi connectivity index (χ0) is 7.40. The molecule has 0 saturated carbocycles. The van der Waals surface area contributed by atoms with Gasteiger partial charge in [0.25, 0.3) is 0 Å². The number of oxime groups is 1. The number of nitrogens with zero attached hydrogens (tertiary/aromatic N) is 1. The Bertz CT molecular complexity index is 226. The van der Waals surface area contributed by atoms with Crippen molar-refractivity contribution in [3.63, 3.8) is 0 Å². The predicted molar refractivity (Wildman–Crippen MR) is 40.1 cm³/mol. The van der Waals surface area contributed by atoms with E-state index in [2.05, 4.69) is 16.7 Å². The van der Waals surface area contributed by atoms with Gasteiger partial charge in [-0.15, -0.1) is 5.90 Å². The van der Waals surface area contributed by atoms with E-state index in [4.69, 9.17) is 5.90 Å². The van der Waals surface area contributed by atoms with Gasteiger partial charge in [-0.1, -0.05) is 30.0 Å². The fourth-order valence-corrected chi connectivity index (χ4v) is 0.657. The third-order valence-electron chi connectivity index (χ3n) is 1.14. The second kappa shape index (κ2) is 2.98. The summed E-state index contributed by atoms with van der Waals surface area (Å²) >= 11 is 0. The molecule has 52 valence electrons. The van der Waals surface area contributed by atoms with E-state index in [0.29, 0.717) is 5.71 Å². The van der Waals surface area contributed by atoms with Crippen molar-refractivity contribution in [3.05, 3.63) is 36.5 Å². The molecule has 0 heterocycles. The van der Waals surface area contributed by atoms with Crippen LogP contribution in [0.4, 0.5) is 0 Å². The number of allylic oxidation sites excluding steroid dienone is 5. The molecule has 3 heteroatoms. The van der Waals surface area contributed by atoms with Crippen LogP contribution in [0.25, 0.3) is 0 Å². The Labute approximate surface area is 59.1 Å². The minimum Gasteiger partial charge on any atom is -0.302 e. The summed E-state index contributed by atoms with van der Waals surface area (Å²) < 4.78 is 0. The molecule has 0 amide bonds. The Morgan fingerprint density at radius 1 is 1.40 bits per heavy atom. The molecule has 0 unspecified atom stereocenters. The van der Waals surface area contributed by atoms with E-state index in [1.165, 1.54) is 0 Å². The van der Waals surface area contributed by atoms with E-state index in [-0.39, 0.29) is 0 Å². The number of hydrogen-bond acceptors (Lipinski definition) is 3. The van der Waals surface area contributed by atoms with Gasteiger partial charge in [-0.05, 0) is 11.6 Å². The van der Waals surface area contributed by atoms with Gasteiger partial charge in [-0.3, -0.25) is 0 Å². The highest BCUT2D eigenvalue weighted by atomic mass is 16.7. The van der Waals surface area contributed by atoms with Crippen LogP contribution < -0.4 is 5.90 Å².